The van der Waals surface area contributed by atoms with Crippen LogP contribution in [0.15, 0.2) is 103 Å². The van der Waals surface area contributed by atoms with Crippen molar-refractivity contribution in [2.75, 3.05) is 25.1 Å². The maximum Gasteiger partial charge on any atom is 0.336 e. The first-order valence-electron chi connectivity index (χ1n) is 12.9. The molecule has 39 heavy (non-hydrogen) atoms. The van der Waals surface area contributed by atoms with Gasteiger partial charge in [-0.2, -0.15) is 4.98 Å². The number of aromatic nitrogens is 3. The summed E-state index contributed by atoms with van der Waals surface area (Å²) in [6.45, 7) is 5.43. The van der Waals surface area contributed by atoms with Crippen molar-refractivity contribution in [1.82, 2.24) is 14.8 Å². The number of hydrogen-bond acceptors (Lipinski definition) is 5. The Bertz CT molecular complexity index is 1530. The zero-order valence-corrected chi connectivity index (χ0v) is 22.0. The molecule has 4 aromatic carbocycles. The van der Waals surface area contributed by atoms with Crippen LogP contribution in [0.25, 0.3) is 28.2 Å². The van der Waals surface area contributed by atoms with E-state index in [9.17, 15) is 4.79 Å². The molecule has 1 N–H and O–H groups in total. The third-order valence-electron chi connectivity index (χ3n) is 6.26. The first-order valence-corrected chi connectivity index (χ1v) is 12.9. The number of amides is 1. The molecule has 0 saturated heterocycles. The van der Waals surface area contributed by atoms with Gasteiger partial charge < -0.3 is 14.8 Å². The lowest BCUT2D eigenvalue weighted by atomic mass is 10.0. The number of carbonyl (C=O) groups is 1. The van der Waals surface area contributed by atoms with Crippen molar-refractivity contribution in [2.24, 2.45) is 0 Å². The summed E-state index contributed by atoms with van der Waals surface area (Å²) in [5.41, 5.74) is 6.28. The zero-order valence-electron chi connectivity index (χ0n) is 22.0. The van der Waals surface area contributed by atoms with Gasteiger partial charge in [-0.15, -0.1) is 5.10 Å². The lowest BCUT2D eigenvalue weighted by molar-refractivity contribution is 0.102. The molecule has 0 fully saturated rings. The average Bonchev–Trinajstić information content (AvgIpc) is 3.40. The molecule has 1 heterocycles. The third-order valence-corrected chi connectivity index (χ3v) is 6.26. The predicted octanol–water partition coefficient (Wildman–Crippen LogP) is 6.58. The Morgan fingerprint density at radius 1 is 0.821 bits per heavy atom. The van der Waals surface area contributed by atoms with Gasteiger partial charge >= 0.3 is 6.01 Å². The van der Waals surface area contributed by atoms with E-state index in [2.05, 4.69) is 15.4 Å². The second-order valence-electron chi connectivity index (χ2n) is 8.93. The Labute approximate surface area is 228 Å². The third kappa shape index (κ3) is 6.22. The van der Waals surface area contributed by atoms with E-state index in [-0.39, 0.29) is 11.9 Å². The fraction of sp³-hybridized carbons (Fsp3) is 0.156. The van der Waals surface area contributed by atoms with Crippen LogP contribution in [0.4, 0.5) is 5.69 Å². The summed E-state index contributed by atoms with van der Waals surface area (Å²) in [4.78, 5) is 17.5. The highest BCUT2D eigenvalue weighted by molar-refractivity contribution is 6.04. The van der Waals surface area contributed by atoms with Crippen LogP contribution in [0.3, 0.4) is 0 Å². The number of carbonyl (C=O) groups excluding carboxylic acids is 1. The van der Waals surface area contributed by atoms with Crippen molar-refractivity contribution >= 4 is 11.6 Å². The van der Waals surface area contributed by atoms with E-state index in [4.69, 9.17) is 9.47 Å². The molecule has 7 heteroatoms. The van der Waals surface area contributed by atoms with Crippen LogP contribution in [0.5, 0.6) is 6.01 Å². The minimum absolute atomic E-state index is 0.172. The Balaban J connectivity index is 1.33. The molecule has 0 bridgehead atoms. The summed E-state index contributed by atoms with van der Waals surface area (Å²) in [5.74, 6) is 0.503. The Morgan fingerprint density at radius 2 is 1.51 bits per heavy atom. The molecule has 0 spiro atoms. The topological polar surface area (TPSA) is 78.3 Å². The van der Waals surface area contributed by atoms with Crippen LogP contribution in [-0.4, -0.2) is 40.5 Å². The van der Waals surface area contributed by atoms with Gasteiger partial charge in [0, 0.05) is 23.4 Å². The quantitative estimate of drug-likeness (QED) is 0.211. The second-order valence-corrected chi connectivity index (χ2v) is 8.93. The molecular formula is C32H30N4O3. The van der Waals surface area contributed by atoms with E-state index in [0.29, 0.717) is 36.9 Å². The van der Waals surface area contributed by atoms with Crippen molar-refractivity contribution in [2.45, 2.75) is 13.8 Å². The fourth-order valence-electron chi connectivity index (χ4n) is 4.20. The van der Waals surface area contributed by atoms with E-state index in [1.807, 2.05) is 117 Å². The number of nitrogens with one attached hydrogen (secondary N) is 1. The lowest BCUT2D eigenvalue weighted by Gasteiger charge is -2.10. The lowest BCUT2D eigenvalue weighted by Crippen LogP contribution is -2.11. The highest BCUT2D eigenvalue weighted by Crippen LogP contribution is 2.27. The summed E-state index contributed by atoms with van der Waals surface area (Å²) in [6.07, 6.45) is 0. The number of benzene rings is 4. The van der Waals surface area contributed by atoms with Gasteiger partial charge in [0.1, 0.15) is 6.61 Å². The SMILES string of the molecule is CCOCCOc1nc(-c2ccccc2C)n(-c2ccc(NC(=O)c3ccc(-c4ccccc4)cc3)cc2)n1. The van der Waals surface area contributed by atoms with Crippen LogP contribution >= 0.6 is 0 Å². The van der Waals surface area contributed by atoms with Gasteiger partial charge in [-0.3, -0.25) is 4.79 Å². The summed E-state index contributed by atoms with van der Waals surface area (Å²) < 4.78 is 12.9. The van der Waals surface area contributed by atoms with E-state index in [0.717, 1.165) is 27.9 Å². The Morgan fingerprint density at radius 3 is 2.23 bits per heavy atom. The highest BCUT2D eigenvalue weighted by Gasteiger charge is 2.16. The smallest absolute Gasteiger partial charge is 0.336 e. The fourth-order valence-corrected chi connectivity index (χ4v) is 4.20. The van der Waals surface area contributed by atoms with Crippen molar-refractivity contribution in [1.29, 1.82) is 0 Å². The van der Waals surface area contributed by atoms with Crippen LogP contribution < -0.4 is 10.1 Å². The number of anilines is 1. The normalized spacial score (nSPS) is 10.8. The molecule has 0 aliphatic heterocycles. The Hall–Kier alpha value is -4.75. The van der Waals surface area contributed by atoms with Crippen molar-refractivity contribution in [3.8, 4) is 34.2 Å². The largest absolute Gasteiger partial charge is 0.460 e. The van der Waals surface area contributed by atoms with Gasteiger partial charge in [0.25, 0.3) is 5.91 Å². The standard InChI is InChI=1S/C32H30N4O3/c1-3-38-21-22-39-32-34-30(29-12-8-7-9-23(29)2)36(35-32)28-19-17-27(18-20-28)33-31(37)26-15-13-25(14-16-26)24-10-5-4-6-11-24/h4-20H,3,21-22H2,1-2H3,(H,33,37). The number of hydrogen-bond donors (Lipinski definition) is 1. The summed E-state index contributed by atoms with van der Waals surface area (Å²) in [6, 6.07) is 33.5. The number of ether oxygens (including phenoxy) is 2. The molecule has 0 saturated carbocycles. The molecule has 0 aliphatic rings. The first kappa shape index (κ1) is 25.9. The van der Waals surface area contributed by atoms with Gasteiger partial charge in [0.15, 0.2) is 5.82 Å². The maximum atomic E-state index is 12.9. The number of rotatable bonds is 10. The summed E-state index contributed by atoms with van der Waals surface area (Å²) >= 11 is 0. The monoisotopic (exact) mass is 518 g/mol. The zero-order chi connectivity index (χ0) is 27.0. The van der Waals surface area contributed by atoms with Crippen molar-refractivity contribution in [3.05, 3.63) is 114 Å². The summed E-state index contributed by atoms with van der Waals surface area (Å²) in [7, 11) is 0. The summed E-state index contributed by atoms with van der Waals surface area (Å²) in [5, 5.41) is 7.58. The predicted molar refractivity (Wildman–Crippen MR) is 153 cm³/mol. The van der Waals surface area contributed by atoms with Crippen molar-refractivity contribution in [3.63, 3.8) is 0 Å². The van der Waals surface area contributed by atoms with Gasteiger partial charge in [0.2, 0.25) is 0 Å². The van der Waals surface area contributed by atoms with E-state index >= 15 is 0 Å². The number of aryl methyl sites for hydroxylation is 1. The molecule has 5 aromatic rings. The molecule has 0 unspecified atom stereocenters. The molecule has 0 aliphatic carbocycles. The minimum Gasteiger partial charge on any atom is -0.460 e. The molecule has 5 rings (SSSR count). The second kappa shape index (κ2) is 12.2. The number of nitrogens with zero attached hydrogens (tertiary/aromatic N) is 3. The van der Waals surface area contributed by atoms with Gasteiger partial charge in [-0.1, -0.05) is 66.7 Å². The highest BCUT2D eigenvalue weighted by atomic mass is 16.5. The minimum atomic E-state index is -0.172. The van der Waals surface area contributed by atoms with Crippen LogP contribution in [-0.2, 0) is 4.74 Å². The average molecular weight is 519 g/mol. The molecule has 1 amide bonds. The maximum absolute atomic E-state index is 12.9. The van der Waals surface area contributed by atoms with Crippen LogP contribution in [0.1, 0.15) is 22.8 Å². The van der Waals surface area contributed by atoms with Gasteiger partial charge in [-0.05, 0) is 66.9 Å². The molecule has 0 atom stereocenters. The first-order chi connectivity index (χ1) is 19.1. The van der Waals surface area contributed by atoms with E-state index < -0.39 is 0 Å². The van der Waals surface area contributed by atoms with Crippen LogP contribution in [0.2, 0.25) is 0 Å². The molecule has 196 valence electrons. The van der Waals surface area contributed by atoms with E-state index in [1.54, 1.807) is 4.68 Å². The molecule has 0 radical (unpaired) electrons. The molecule has 1 aromatic heterocycles. The van der Waals surface area contributed by atoms with E-state index in [1.165, 1.54) is 0 Å². The molecule has 7 nitrogen and oxygen atoms in total. The van der Waals surface area contributed by atoms with Crippen molar-refractivity contribution < 1.29 is 14.3 Å². The van der Waals surface area contributed by atoms with Gasteiger partial charge in [0.05, 0.1) is 12.3 Å². The van der Waals surface area contributed by atoms with Crippen LogP contribution in [0, 0.1) is 6.92 Å². The van der Waals surface area contributed by atoms with Gasteiger partial charge in [-0.25, -0.2) is 4.68 Å². The Kier molecular flexibility index (Phi) is 8.09. The molecular weight excluding hydrogens is 488 g/mol.